The normalized spacial score (nSPS) is 12.2. The molecule has 2 N–H and O–H groups in total. The first-order chi connectivity index (χ1) is 14.6. The Kier molecular flexibility index (Phi) is 6.28. The fourth-order valence-electron chi connectivity index (χ4n) is 3.09. The molecule has 1 atom stereocenters. The maximum Gasteiger partial charge on any atom is 0.170 e. The standard InChI is InChI=1S/C23H20ClFN2O3/c24-17-6-4-15(5-7-17)12-26-13-19(28)14-29-20-3-1-2-16(10-20)23-21-9-8-18(25)11-22(21)30-27-23/h1-11,19,26,28H,12-14H2. The van der Waals surface area contributed by atoms with Gasteiger partial charge >= 0.3 is 0 Å². The van der Waals surface area contributed by atoms with E-state index in [-0.39, 0.29) is 12.4 Å². The molecule has 4 rings (SSSR count). The summed E-state index contributed by atoms with van der Waals surface area (Å²) in [6, 6.07) is 19.2. The monoisotopic (exact) mass is 426 g/mol. The van der Waals surface area contributed by atoms with Gasteiger partial charge in [-0.25, -0.2) is 4.39 Å². The zero-order chi connectivity index (χ0) is 20.9. The number of aliphatic hydroxyl groups is 1. The molecule has 0 saturated heterocycles. The van der Waals surface area contributed by atoms with Crippen molar-refractivity contribution in [3.63, 3.8) is 0 Å². The molecule has 4 aromatic rings. The van der Waals surface area contributed by atoms with E-state index in [1.165, 1.54) is 12.1 Å². The SMILES string of the molecule is OC(CNCc1ccc(Cl)cc1)COc1cccc(-c2noc3cc(F)ccc23)c1. The number of benzene rings is 3. The third-order valence-electron chi connectivity index (χ3n) is 4.61. The molecule has 5 nitrogen and oxygen atoms in total. The Balaban J connectivity index is 1.33. The summed E-state index contributed by atoms with van der Waals surface area (Å²) in [5, 5.41) is 18.8. The minimum absolute atomic E-state index is 0.141. The van der Waals surface area contributed by atoms with Crippen molar-refractivity contribution in [2.45, 2.75) is 12.6 Å². The van der Waals surface area contributed by atoms with E-state index in [9.17, 15) is 9.50 Å². The van der Waals surface area contributed by atoms with E-state index in [1.54, 1.807) is 12.1 Å². The van der Waals surface area contributed by atoms with E-state index < -0.39 is 6.10 Å². The number of nitrogens with one attached hydrogen (secondary N) is 1. The van der Waals surface area contributed by atoms with E-state index in [1.807, 2.05) is 42.5 Å². The maximum atomic E-state index is 13.3. The van der Waals surface area contributed by atoms with Gasteiger partial charge < -0.3 is 19.7 Å². The van der Waals surface area contributed by atoms with E-state index in [4.69, 9.17) is 20.9 Å². The summed E-state index contributed by atoms with van der Waals surface area (Å²) < 4.78 is 24.3. The van der Waals surface area contributed by atoms with Crippen molar-refractivity contribution in [2.24, 2.45) is 0 Å². The number of halogens is 2. The van der Waals surface area contributed by atoms with Crippen LogP contribution in [0.1, 0.15) is 5.56 Å². The molecule has 1 aromatic heterocycles. The smallest absolute Gasteiger partial charge is 0.170 e. The van der Waals surface area contributed by atoms with E-state index in [0.29, 0.717) is 35.1 Å². The molecule has 1 heterocycles. The molecule has 0 bridgehead atoms. The van der Waals surface area contributed by atoms with E-state index in [0.717, 1.165) is 16.5 Å². The minimum atomic E-state index is -0.670. The highest BCUT2D eigenvalue weighted by atomic mass is 35.5. The van der Waals surface area contributed by atoms with Crippen LogP contribution in [-0.2, 0) is 6.54 Å². The molecule has 0 saturated carbocycles. The van der Waals surface area contributed by atoms with Crippen molar-refractivity contribution in [3.05, 3.63) is 83.1 Å². The van der Waals surface area contributed by atoms with Crippen LogP contribution in [0.25, 0.3) is 22.2 Å². The molecule has 0 aliphatic heterocycles. The number of nitrogens with zero attached hydrogens (tertiary/aromatic N) is 1. The number of aliphatic hydroxyl groups excluding tert-OH is 1. The summed E-state index contributed by atoms with van der Waals surface area (Å²) in [5.41, 5.74) is 2.87. The highest BCUT2D eigenvalue weighted by molar-refractivity contribution is 6.30. The summed E-state index contributed by atoms with van der Waals surface area (Å²) in [5.74, 6) is 0.225. The Morgan fingerprint density at radius 3 is 2.77 bits per heavy atom. The third-order valence-corrected chi connectivity index (χ3v) is 4.86. The van der Waals surface area contributed by atoms with Crippen LogP contribution in [0.15, 0.2) is 71.3 Å². The molecule has 0 aliphatic carbocycles. The quantitative estimate of drug-likeness (QED) is 0.423. The lowest BCUT2D eigenvalue weighted by molar-refractivity contribution is 0.106. The van der Waals surface area contributed by atoms with Gasteiger partial charge in [0.1, 0.15) is 30.0 Å². The molecule has 0 fully saturated rings. The van der Waals surface area contributed by atoms with Crippen molar-refractivity contribution in [3.8, 4) is 17.0 Å². The van der Waals surface area contributed by atoms with Gasteiger partial charge in [0.05, 0.1) is 0 Å². The van der Waals surface area contributed by atoms with Crippen LogP contribution < -0.4 is 10.1 Å². The van der Waals surface area contributed by atoms with Crippen LogP contribution in [0.2, 0.25) is 5.02 Å². The van der Waals surface area contributed by atoms with Crippen molar-refractivity contribution in [1.29, 1.82) is 0 Å². The van der Waals surface area contributed by atoms with Gasteiger partial charge in [-0.15, -0.1) is 0 Å². The van der Waals surface area contributed by atoms with Gasteiger partial charge in [-0.2, -0.15) is 0 Å². The van der Waals surface area contributed by atoms with Gasteiger partial charge in [0.25, 0.3) is 0 Å². The largest absolute Gasteiger partial charge is 0.491 e. The van der Waals surface area contributed by atoms with Crippen molar-refractivity contribution in [1.82, 2.24) is 10.5 Å². The molecule has 154 valence electrons. The van der Waals surface area contributed by atoms with Crippen LogP contribution in [0.3, 0.4) is 0 Å². The first kappa shape index (κ1) is 20.3. The van der Waals surface area contributed by atoms with Gasteiger partial charge in [-0.1, -0.05) is 41.0 Å². The number of aromatic nitrogens is 1. The van der Waals surface area contributed by atoms with Crippen LogP contribution in [0.4, 0.5) is 4.39 Å². The highest BCUT2D eigenvalue weighted by Gasteiger charge is 2.12. The zero-order valence-corrected chi connectivity index (χ0v) is 16.8. The number of hydrogen-bond donors (Lipinski definition) is 2. The summed E-state index contributed by atoms with van der Waals surface area (Å²) in [7, 11) is 0. The molecule has 7 heteroatoms. The Bertz CT molecular complexity index is 1130. The first-order valence-electron chi connectivity index (χ1n) is 9.50. The fraction of sp³-hybridized carbons (Fsp3) is 0.174. The highest BCUT2D eigenvalue weighted by Crippen LogP contribution is 2.30. The lowest BCUT2D eigenvalue weighted by Crippen LogP contribution is -2.31. The summed E-state index contributed by atoms with van der Waals surface area (Å²) in [6.45, 7) is 1.16. The van der Waals surface area contributed by atoms with Crippen LogP contribution in [0.5, 0.6) is 5.75 Å². The molecule has 0 radical (unpaired) electrons. The molecular formula is C23H20ClFN2O3. The Labute approximate surface area is 178 Å². The number of ether oxygens (including phenoxy) is 1. The fourth-order valence-corrected chi connectivity index (χ4v) is 3.22. The first-order valence-corrected chi connectivity index (χ1v) is 9.88. The Morgan fingerprint density at radius 1 is 1.10 bits per heavy atom. The van der Waals surface area contributed by atoms with Crippen LogP contribution >= 0.6 is 11.6 Å². The predicted molar refractivity (Wildman–Crippen MR) is 114 cm³/mol. The molecule has 0 spiro atoms. The topological polar surface area (TPSA) is 67.5 Å². The van der Waals surface area contributed by atoms with Crippen molar-refractivity contribution in [2.75, 3.05) is 13.2 Å². The third kappa shape index (κ3) is 4.97. The lowest BCUT2D eigenvalue weighted by Gasteiger charge is -2.14. The summed E-state index contributed by atoms with van der Waals surface area (Å²) in [4.78, 5) is 0. The molecule has 0 aliphatic rings. The molecule has 1 unspecified atom stereocenters. The summed E-state index contributed by atoms with van der Waals surface area (Å²) in [6.07, 6.45) is -0.670. The zero-order valence-electron chi connectivity index (χ0n) is 16.0. The van der Waals surface area contributed by atoms with E-state index in [2.05, 4.69) is 10.5 Å². The predicted octanol–water partition coefficient (Wildman–Crippen LogP) is 4.82. The van der Waals surface area contributed by atoms with Gasteiger partial charge in [0.2, 0.25) is 0 Å². The lowest BCUT2D eigenvalue weighted by atomic mass is 10.1. The molecule has 0 amide bonds. The van der Waals surface area contributed by atoms with Gasteiger partial charge in [0.15, 0.2) is 5.58 Å². The average Bonchev–Trinajstić information content (AvgIpc) is 3.17. The molecular weight excluding hydrogens is 407 g/mol. The van der Waals surface area contributed by atoms with Gasteiger partial charge in [0, 0.05) is 35.1 Å². The number of hydrogen-bond acceptors (Lipinski definition) is 5. The second-order valence-corrected chi connectivity index (χ2v) is 7.36. The maximum absolute atomic E-state index is 13.3. The minimum Gasteiger partial charge on any atom is -0.491 e. The number of rotatable bonds is 8. The summed E-state index contributed by atoms with van der Waals surface area (Å²) >= 11 is 5.87. The van der Waals surface area contributed by atoms with Crippen molar-refractivity contribution >= 4 is 22.6 Å². The Morgan fingerprint density at radius 2 is 1.93 bits per heavy atom. The molecule has 3 aromatic carbocycles. The van der Waals surface area contributed by atoms with E-state index >= 15 is 0 Å². The van der Waals surface area contributed by atoms with Crippen LogP contribution in [0, 0.1) is 5.82 Å². The Hall–Kier alpha value is -2.93. The van der Waals surface area contributed by atoms with Gasteiger partial charge in [-0.3, -0.25) is 0 Å². The van der Waals surface area contributed by atoms with Crippen molar-refractivity contribution < 1.29 is 18.8 Å². The second kappa shape index (κ2) is 9.26. The van der Waals surface area contributed by atoms with Gasteiger partial charge in [-0.05, 0) is 42.0 Å². The average molecular weight is 427 g/mol. The molecule has 30 heavy (non-hydrogen) atoms. The number of fused-ring (bicyclic) bond motifs is 1. The second-order valence-electron chi connectivity index (χ2n) is 6.92. The van der Waals surface area contributed by atoms with Crippen LogP contribution in [-0.4, -0.2) is 29.5 Å².